The summed E-state index contributed by atoms with van der Waals surface area (Å²) in [7, 11) is 0. The first-order valence-corrected chi connectivity index (χ1v) is 11.7. The van der Waals surface area contributed by atoms with E-state index in [-0.39, 0.29) is 23.0 Å². The number of allylic oxidation sites excluding steroid dienone is 1. The number of benzene rings is 1. The molecule has 33 heavy (non-hydrogen) atoms. The number of rotatable bonds is 5. The largest absolute Gasteiger partial charge is 0.478 e. The average molecular weight is 456 g/mol. The Morgan fingerprint density at radius 1 is 1.06 bits per heavy atom. The van der Waals surface area contributed by atoms with Crippen LogP contribution >= 0.6 is 0 Å². The Morgan fingerprint density at radius 2 is 1.70 bits per heavy atom. The van der Waals surface area contributed by atoms with Crippen LogP contribution in [0.5, 0.6) is 0 Å². The lowest BCUT2D eigenvalue weighted by atomic mass is 9.54. The highest BCUT2D eigenvalue weighted by molar-refractivity contribution is 5.99. The fraction of sp³-hybridized carbons (Fsp3) is 0.577. The highest BCUT2D eigenvalue weighted by atomic mass is 16.6. The Kier molecular flexibility index (Phi) is 6.01. The summed E-state index contributed by atoms with van der Waals surface area (Å²) >= 11 is 0. The number of carbonyl (C=O) groups is 3. The monoisotopic (exact) mass is 455 g/mol. The first-order chi connectivity index (χ1) is 15.5. The van der Waals surface area contributed by atoms with Crippen LogP contribution in [0.1, 0.15) is 69.3 Å². The predicted molar refractivity (Wildman–Crippen MR) is 123 cm³/mol. The molecule has 1 atom stereocenters. The van der Waals surface area contributed by atoms with Crippen LogP contribution in [0.15, 0.2) is 29.8 Å². The van der Waals surface area contributed by atoms with Gasteiger partial charge in [0.1, 0.15) is 5.60 Å². The fourth-order valence-corrected chi connectivity index (χ4v) is 5.57. The second kappa shape index (κ2) is 8.50. The molecule has 1 aromatic carbocycles. The number of nitrogens with zero attached hydrogens (tertiary/aromatic N) is 1. The molecule has 3 aliphatic rings. The lowest BCUT2D eigenvalue weighted by Crippen LogP contribution is -2.64. The number of carbonyl (C=O) groups excluding carboxylic acids is 2. The van der Waals surface area contributed by atoms with Crippen molar-refractivity contribution < 1.29 is 29.0 Å². The number of carboxylic acid groups (broad SMARTS) is 1. The lowest BCUT2D eigenvalue weighted by molar-refractivity contribution is -0.138. The number of ether oxygens (including phenoxy) is 2. The summed E-state index contributed by atoms with van der Waals surface area (Å²) in [6, 6.07) is 6.73. The highest BCUT2D eigenvalue weighted by Gasteiger charge is 2.56. The Bertz CT molecular complexity index is 973. The maximum atomic E-state index is 12.7. The molecule has 1 unspecified atom stereocenters. The van der Waals surface area contributed by atoms with Crippen molar-refractivity contribution in [3.8, 4) is 0 Å². The summed E-state index contributed by atoms with van der Waals surface area (Å²) in [6.45, 7) is 9.24. The van der Waals surface area contributed by atoms with Crippen molar-refractivity contribution in [2.24, 2.45) is 17.3 Å². The van der Waals surface area contributed by atoms with Crippen LogP contribution in [0.2, 0.25) is 0 Å². The van der Waals surface area contributed by atoms with Crippen LogP contribution < -0.4 is 0 Å². The van der Waals surface area contributed by atoms with Crippen molar-refractivity contribution in [1.29, 1.82) is 0 Å². The van der Waals surface area contributed by atoms with Gasteiger partial charge in [-0.15, -0.1) is 0 Å². The third kappa shape index (κ3) is 4.77. The molecule has 1 spiro atoms. The van der Waals surface area contributed by atoms with Crippen molar-refractivity contribution >= 4 is 23.6 Å². The molecule has 7 heteroatoms. The lowest BCUT2D eigenvalue weighted by Gasteiger charge is -2.60. The van der Waals surface area contributed by atoms with E-state index in [4.69, 9.17) is 9.47 Å². The van der Waals surface area contributed by atoms with Crippen molar-refractivity contribution in [1.82, 2.24) is 4.90 Å². The summed E-state index contributed by atoms with van der Waals surface area (Å²) < 4.78 is 10.8. The molecule has 0 bridgehead atoms. The van der Waals surface area contributed by atoms with Gasteiger partial charge in [-0.1, -0.05) is 12.1 Å². The van der Waals surface area contributed by atoms with Gasteiger partial charge in [-0.25, -0.2) is 14.4 Å². The van der Waals surface area contributed by atoms with E-state index in [1.165, 1.54) is 0 Å². The number of hydrogen-bond acceptors (Lipinski definition) is 5. The molecule has 1 heterocycles. The minimum atomic E-state index is -0.967. The van der Waals surface area contributed by atoms with Crippen molar-refractivity contribution in [2.45, 2.75) is 59.0 Å². The molecule has 2 aliphatic carbocycles. The Morgan fingerprint density at radius 3 is 2.24 bits per heavy atom. The third-order valence-electron chi connectivity index (χ3n) is 7.06. The predicted octanol–water partition coefficient (Wildman–Crippen LogP) is 4.76. The molecule has 1 saturated carbocycles. The number of aromatic carboxylic acids is 1. The molecule has 2 fully saturated rings. The van der Waals surface area contributed by atoms with Gasteiger partial charge >= 0.3 is 18.0 Å². The van der Waals surface area contributed by atoms with Crippen molar-refractivity contribution in [3.63, 3.8) is 0 Å². The van der Waals surface area contributed by atoms with Crippen molar-refractivity contribution in [2.75, 3.05) is 19.7 Å². The zero-order valence-corrected chi connectivity index (χ0v) is 19.8. The molecule has 178 valence electrons. The van der Waals surface area contributed by atoms with Crippen LogP contribution in [-0.4, -0.2) is 53.3 Å². The Balaban J connectivity index is 1.39. The normalized spacial score (nSPS) is 22.1. The topological polar surface area (TPSA) is 93.1 Å². The maximum absolute atomic E-state index is 12.7. The quantitative estimate of drug-likeness (QED) is 0.644. The van der Waals surface area contributed by atoms with Crippen LogP contribution in [0.4, 0.5) is 4.79 Å². The molecule has 1 N–H and O–H groups in total. The summed E-state index contributed by atoms with van der Waals surface area (Å²) in [4.78, 5) is 37.9. The minimum absolute atomic E-state index is 0.192. The van der Waals surface area contributed by atoms with Gasteiger partial charge in [-0.05, 0) is 88.5 Å². The first kappa shape index (κ1) is 23.3. The van der Waals surface area contributed by atoms with Gasteiger partial charge in [-0.2, -0.15) is 0 Å². The van der Waals surface area contributed by atoms with E-state index in [9.17, 15) is 19.5 Å². The van der Waals surface area contributed by atoms with E-state index in [0.29, 0.717) is 24.9 Å². The van der Waals surface area contributed by atoms with Gasteiger partial charge in [0.05, 0.1) is 12.2 Å². The van der Waals surface area contributed by atoms with E-state index < -0.39 is 11.6 Å². The number of esters is 1. The summed E-state index contributed by atoms with van der Waals surface area (Å²) in [6.07, 6.45) is 3.34. The Hall–Kier alpha value is -2.83. The molecule has 0 aromatic heterocycles. The van der Waals surface area contributed by atoms with Crippen LogP contribution in [-0.2, 0) is 14.3 Å². The van der Waals surface area contributed by atoms with E-state index in [0.717, 1.165) is 49.1 Å². The van der Waals surface area contributed by atoms with Gasteiger partial charge in [-0.3, -0.25) is 0 Å². The van der Waals surface area contributed by atoms with E-state index in [2.05, 4.69) is 0 Å². The second-order valence-electron chi connectivity index (χ2n) is 10.7. The Labute approximate surface area is 194 Å². The average Bonchev–Trinajstić information content (AvgIpc) is 3.10. The SMILES string of the molecule is CCOC(=O)C1=C(c2ccc(C(=O)O)cc2)CC(C2CC3(C2)CN(C(=O)OC(C)(C)C)C3)C1. The third-order valence-corrected chi connectivity index (χ3v) is 7.06. The van der Waals surface area contributed by atoms with Crippen LogP contribution in [0.3, 0.4) is 0 Å². The number of hydrogen-bond donors (Lipinski definition) is 1. The smallest absolute Gasteiger partial charge is 0.410 e. The fourth-order valence-electron chi connectivity index (χ4n) is 5.57. The molecular formula is C26H33NO6. The number of likely N-dealkylation sites (tertiary alicyclic amines) is 1. The minimum Gasteiger partial charge on any atom is -0.478 e. The van der Waals surface area contributed by atoms with Gasteiger partial charge in [0.25, 0.3) is 0 Å². The standard InChI is InChI=1S/C26H33NO6/c1-5-32-23(30)21-11-18(10-20(21)16-6-8-17(9-7-16)22(28)29)19-12-26(13-19)14-27(15-26)24(31)33-25(2,3)4/h6-9,18-19H,5,10-15H2,1-4H3,(H,28,29). The van der Waals surface area contributed by atoms with E-state index in [1.807, 2.05) is 20.8 Å². The number of carboxylic acids is 1. The van der Waals surface area contributed by atoms with Gasteiger partial charge in [0.2, 0.25) is 0 Å². The molecule has 1 saturated heterocycles. The first-order valence-electron chi connectivity index (χ1n) is 11.7. The van der Waals surface area contributed by atoms with Crippen LogP contribution in [0.25, 0.3) is 5.57 Å². The molecule has 7 nitrogen and oxygen atoms in total. The second-order valence-corrected chi connectivity index (χ2v) is 10.7. The summed E-state index contributed by atoms with van der Waals surface area (Å²) in [5.41, 5.74) is 2.51. The zero-order chi connectivity index (χ0) is 24.0. The molecule has 4 rings (SSSR count). The molecule has 1 aliphatic heterocycles. The van der Waals surface area contributed by atoms with E-state index >= 15 is 0 Å². The molecular weight excluding hydrogens is 422 g/mol. The van der Waals surface area contributed by atoms with Gasteiger partial charge in [0.15, 0.2) is 0 Å². The van der Waals surface area contributed by atoms with E-state index in [1.54, 1.807) is 36.1 Å². The molecule has 1 aromatic rings. The van der Waals surface area contributed by atoms with Gasteiger partial charge < -0.3 is 19.5 Å². The molecule has 1 amide bonds. The summed E-state index contributed by atoms with van der Waals surface area (Å²) in [5.74, 6) is -0.372. The van der Waals surface area contributed by atoms with Gasteiger partial charge in [0, 0.05) is 24.1 Å². The maximum Gasteiger partial charge on any atom is 0.410 e. The molecule has 0 radical (unpaired) electrons. The van der Waals surface area contributed by atoms with Crippen LogP contribution in [0, 0.1) is 17.3 Å². The summed E-state index contributed by atoms with van der Waals surface area (Å²) in [5, 5.41) is 9.17. The number of amides is 1. The highest BCUT2D eigenvalue weighted by Crippen LogP contribution is 2.58. The zero-order valence-electron chi connectivity index (χ0n) is 19.8. The van der Waals surface area contributed by atoms with Crippen molar-refractivity contribution in [3.05, 3.63) is 41.0 Å².